The minimum absolute atomic E-state index is 0.362. The highest BCUT2D eigenvalue weighted by Gasteiger charge is 2.07. The van der Waals surface area contributed by atoms with Crippen LogP contribution in [0, 0.1) is 0 Å². The lowest BCUT2D eigenvalue weighted by Crippen LogP contribution is -2.03. The van der Waals surface area contributed by atoms with E-state index in [1.54, 1.807) is 19.5 Å². The van der Waals surface area contributed by atoms with Crippen molar-refractivity contribution in [2.24, 2.45) is 0 Å². The number of hydrogen-bond acceptors (Lipinski definition) is 6. The van der Waals surface area contributed by atoms with Gasteiger partial charge in [0, 0.05) is 32.0 Å². The van der Waals surface area contributed by atoms with Crippen molar-refractivity contribution in [1.82, 2.24) is 15.0 Å². The van der Waals surface area contributed by atoms with E-state index in [0.717, 1.165) is 22.8 Å². The molecule has 0 atom stereocenters. The van der Waals surface area contributed by atoms with E-state index in [-0.39, 0.29) is 0 Å². The van der Waals surface area contributed by atoms with E-state index in [1.165, 1.54) is 0 Å². The third-order valence-electron chi connectivity index (χ3n) is 2.62. The van der Waals surface area contributed by atoms with Crippen molar-refractivity contribution in [2.75, 3.05) is 26.1 Å². The third-order valence-corrected chi connectivity index (χ3v) is 2.62. The topological polar surface area (TPSA) is 69.2 Å². The van der Waals surface area contributed by atoms with Gasteiger partial charge in [-0.05, 0) is 13.0 Å². The third kappa shape index (κ3) is 3.42. The summed E-state index contributed by atoms with van der Waals surface area (Å²) >= 11 is 0. The van der Waals surface area contributed by atoms with Crippen LogP contribution in [0.25, 0.3) is 11.3 Å². The van der Waals surface area contributed by atoms with Gasteiger partial charge < -0.3 is 14.8 Å². The molecule has 0 unspecified atom stereocenters. The van der Waals surface area contributed by atoms with Gasteiger partial charge in [-0.1, -0.05) is 0 Å². The maximum absolute atomic E-state index is 5.46. The predicted octanol–water partition coefficient (Wildman–Crippen LogP) is 2.13. The number of ether oxygens (including phenoxy) is 2. The van der Waals surface area contributed by atoms with Crippen LogP contribution in [-0.4, -0.2) is 35.7 Å². The molecule has 0 spiro atoms. The lowest BCUT2D eigenvalue weighted by molar-refractivity contribution is 0.178. The number of methoxy groups -OCH3 is 1. The maximum Gasteiger partial charge on any atom is 0.157 e. The molecule has 0 aliphatic carbocycles. The number of pyridine rings is 1. The number of aromatic nitrogens is 3. The van der Waals surface area contributed by atoms with Gasteiger partial charge in [0.15, 0.2) is 5.82 Å². The fourth-order valence-electron chi connectivity index (χ4n) is 1.77. The van der Waals surface area contributed by atoms with Crippen LogP contribution < -0.4 is 10.1 Å². The molecule has 0 bridgehead atoms. The van der Waals surface area contributed by atoms with Gasteiger partial charge in [0.1, 0.15) is 18.2 Å². The average Bonchev–Trinajstić information content (AvgIpc) is 2.48. The molecular weight excluding hydrogens is 256 g/mol. The maximum atomic E-state index is 5.46. The Morgan fingerprint density at radius 1 is 1.20 bits per heavy atom. The van der Waals surface area contributed by atoms with Crippen LogP contribution in [0.5, 0.6) is 5.75 Å². The molecule has 0 radical (unpaired) electrons. The first kappa shape index (κ1) is 14.2. The molecule has 6 heteroatoms. The van der Waals surface area contributed by atoms with Crippen LogP contribution in [0.4, 0.5) is 5.82 Å². The molecule has 106 valence electrons. The first-order valence-electron chi connectivity index (χ1n) is 6.39. The van der Waals surface area contributed by atoms with Gasteiger partial charge in [-0.3, -0.25) is 4.98 Å². The number of hydrogen-bond donors (Lipinski definition) is 1. The van der Waals surface area contributed by atoms with Gasteiger partial charge >= 0.3 is 0 Å². The molecule has 0 saturated carbocycles. The van der Waals surface area contributed by atoms with Crippen molar-refractivity contribution in [3.8, 4) is 17.0 Å². The second kappa shape index (κ2) is 6.81. The summed E-state index contributed by atoms with van der Waals surface area (Å²) in [4.78, 5) is 13.0. The number of nitrogens with one attached hydrogen (secondary N) is 1. The first-order chi connectivity index (χ1) is 9.76. The van der Waals surface area contributed by atoms with Crippen LogP contribution >= 0.6 is 0 Å². The molecule has 1 N–H and O–H groups in total. The highest BCUT2D eigenvalue weighted by molar-refractivity contribution is 5.62. The van der Waals surface area contributed by atoms with Crippen LogP contribution in [0.15, 0.2) is 24.5 Å². The van der Waals surface area contributed by atoms with E-state index < -0.39 is 0 Å². The van der Waals surface area contributed by atoms with Gasteiger partial charge in [-0.15, -0.1) is 0 Å². The van der Waals surface area contributed by atoms with Crippen molar-refractivity contribution < 1.29 is 9.47 Å². The number of nitrogens with zero attached hydrogens (tertiary/aromatic N) is 3. The summed E-state index contributed by atoms with van der Waals surface area (Å²) in [6.07, 6.45) is 3.43. The Kier molecular flexibility index (Phi) is 4.84. The highest BCUT2D eigenvalue weighted by atomic mass is 16.5. The zero-order valence-electron chi connectivity index (χ0n) is 11.9. The Balaban J connectivity index is 2.39. The highest BCUT2D eigenvalue weighted by Crippen LogP contribution is 2.23. The van der Waals surface area contributed by atoms with Crippen LogP contribution in [-0.2, 0) is 11.3 Å². The molecule has 0 aliphatic heterocycles. The fourth-order valence-corrected chi connectivity index (χ4v) is 1.77. The second-order valence-electron chi connectivity index (χ2n) is 4.08. The summed E-state index contributed by atoms with van der Waals surface area (Å²) in [5.41, 5.74) is 1.66. The Hall–Kier alpha value is -2.21. The lowest BCUT2D eigenvalue weighted by atomic mass is 10.2. The zero-order valence-corrected chi connectivity index (χ0v) is 11.9. The van der Waals surface area contributed by atoms with E-state index in [2.05, 4.69) is 20.3 Å². The minimum atomic E-state index is 0.362. The standard InChI is InChI=1S/C14H18N4O2/c1-4-20-11-5-10(7-16-8-11)12-6-13(15-2)18-14(17-12)9-19-3/h5-8H,4,9H2,1-3H3,(H,15,17,18). The van der Waals surface area contributed by atoms with E-state index in [9.17, 15) is 0 Å². The van der Waals surface area contributed by atoms with Crippen molar-refractivity contribution in [2.45, 2.75) is 13.5 Å². The largest absolute Gasteiger partial charge is 0.492 e. The summed E-state index contributed by atoms with van der Waals surface area (Å²) in [5.74, 6) is 2.09. The normalized spacial score (nSPS) is 10.3. The van der Waals surface area contributed by atoms with Gasteiger partial charge in [-0.2, -0.15) is 0 Å². The molecule has 2 aromatic rings. The molecular formula is C14H18N4O2. The smallest absolute Gasteiger partial charge is 0.157 e. The van der Waals surface area contributed by atoms with E-state index in [0.29, 0.717) is 19.0 Å². The Morgan fingerprint density at radius 3 is 2.75 bits per heavy atom. The van der Waals surface area contributed by atoms with Crippen molar-refractivity contribution in [1.29, 1.82) is 0 Å². The quantitative estimate of drug-likeness (QED) is 0.870. The van der Waals surface area contributed by atoms with Gasteiger partial charge in [0.2, 0.25) is 0 Å². The molecule has 0 aliphatic rings. The molecule has 0 aromatic carbocycles. The average molecular weight is 274 g/mol. The Morgan fingerprint density at radius 2 is 2.05 bits per heavy atom. The van der Waals surface area contributed by atoms with Gasteiger partial charge in [0.05, 0.1) is 18.5 Å². The summed E-state index contributed by atoms with van der Waals surface area (Å²) in [7, 11) is 3.43. The summed E-state index contributed by atoms with van der Waals surface area (Å²) in [5, 5.41) is 3.02. The van der Waals surface area contributed by atoms with Crippen molar-refractivity contribution in [3.05, 3.63) is 30.4 Å². The molecule has 2 aromatic heterocycles. The molecule has 0 fully saturated rings. The predicted molar refractivity (Wildman–Crippen MR) is 76.7 cm³/mol. The molecule has 2 heterocycles. The first-order valence-corrected chi connectivity index (χ1v) is 6.39. The zero-order chi connectivity index (χ0) is 14.4. The van der Waals surface area contributed by atoms with Crippen LogP contribution in [0.2, 0.25) is 0 Å². The van der Waals surface area contributed by atoms with E-state index in [1.807, 2.05) is 26.1 Å². The van der Waals surface area contributed by atoms with Crippen molar-refractivity contribution in [3.63, 3.8) is 0 Å². The molecule has 6 nitrogen and oxygen atoms in total. The summed E-state index contributed by atoms with van der Waals surface area (Å²) < 4.78 is 10.5. The fraction of sp³-hybridized carbons (Fsp3) is 0.357. The summed E-state index contributed by atoms with van der Waals surface area (Å²) in [6.45, 7) is 2.90. The monoisotopic (exact) mass is 274 g/mol. The molecule has 0 saturated heterocycles. The lowest BCUT2D eigenvalue weighted by Gasteiger charge is -2.08. The second-order valence-corrected chi connectivity index (χ2v) is 4.08. The molecule has 20 heavy (non-hydrogen) atoms. The van der Waals surface area contributed by atoms with Crippen molar-refractivity contribution >= 4 is 5.82 Å². The van der Waals surface area contributed by atoms with Gasteiger partial charge in [0.25, 0.3) is 0 Å². The molecule has 0 amide bonds. The molecule has 2 rings (SSSR count). The van der Waals surface area contributed by atoms with Crippen LogP contribution in [0.1, 0.15) is 12.7 Å². The van der Waals surface area contributed by atoms with E-state index in [4.69, 9.17) is 9.47 Å². The minimum Gasteiger partial charge on any atom is -0.492 e. The summed E-state index contributed by atoms with van der Waals surface area (Å²) in [6, 6.07) is 3.78. The SMILES string of the molecule is CCOc1cncc(-c2cc(NC)nc(COC)n2)c1. The van der Waals surface area contributed by atoms with E-state index >= 15 is 0 Å². The van der Waals surface area contributed by atoms with Crippen LogP contribution in [0.3, 0.4) is 0 Å². The number of rotatable bonds is 6. The van der Waals surface area contributed by atoms with Gasteiger partial charge in [-0.25, -0.2) is 9.97 Å². The number of anilines is 1. The Bertz CT molecular complexity index is 575. The Labute approximate surface area is 118 Å².